The number of carbonyl (C=O) groups is 2. The van der Waals surface area contributed by atoms with Gasteiger partial charge in [0.1, 0.15) is 6.61 Å². The number of morpholine rings is 1. The number of urea groups is 1. The van der Waals surface area contributed by atoms with Crippen LogP contribution >= 0.6 is 0 Å². The van der Waals surface area contributed by atoms with Gasteiger partial charge in [0.05, 0.1) is 32.0 Å². The maximum atomic E-state index is 12.4. The van der Waals surface area contributed by atoms with Gasteiger partial charge in [-0.05, 0) is 12.8 Å². The molecule has 1 atom stereocenters. The lowest BCUT2D eigenvalue weighted by Crippen LogP contribution is -2.53. The van der Waals surface area contributed by atoms with Gasteiger partial charge in [-0.25, -0.2) is 9.59 Å². The van der Waals surface area contributed by atoms with Gasteiger partial charge in [-0.2, -0.15) is 0 Å². The van der Waals surface area contributed by atoms with Gasteiger partial charge >= 0.3 is 12.0 Å². The summed E-state index contributed by atoms with van der Waals surface area (Å²) in [7, 11) is 0. The second kappa shape index (κ2) is 7.58. The fourth-order valence-corrected chi connectivity index (χ4v) is 2.61. The summed E-state index contributed by atoms with van der Waals surface area (Å²) >= 11 is 0. The molecule has 0 radical (unpaired) electrons. The van der Waals surface area contributed by atoms with Crippen LogP contribution in [-0.4, -0.2) is 90.2 Å². The summed E-state index contributed by atoms with van der Waals surface area (Å²) in [4.78, 5) is 26.3. The summed E-state index contributed by atoms with van der Waals surface area (Å²) in [5.74, 6) is -0.975. The van der Waals surface area contributed by atoms with Gasteiger partial charge in [-0.1, -0.05) is 0 Å². The summed E-state index contributed by atoms with van der Waals surface area (Å²) < 4.78 is 10.6. The number of aliphatic hydroxyl groups excluding tert-OH is 1. The fraction of sp³-hybridized carbons (Fsp3) is 0.846. The van der Waals surface area contributed by atoms with Crippen molar-refractivity contribution in [1.82, 2.24) is 9.80 Å². The van der Waals surface area contributed by atoms with E-state index in [9.17, 15) is 9.59 Å². The molecule has 0 aromatic rings. The van der Waals surface area contributed by atoms with Crippen molar-refractivity contribution in [2.45, 2.75) is 25.0 Å². The summed E-state index contributed by atoms with van der Waals surface area (Å²) in [6, 6.07) is -0.0477. The summed E-state index contributed by atoms with van der Waals surface area (Å²) in [6.07, 6.45) is 0.888. The SMILES string of the molecule is O=C(O)COC1CCN(C(=O)N2CCOC(CO)C2)CC1. The molecule has 1 unspecified atom stereocenters. The summed E-state index contributed by atoms with van der Waals surface area (Å²) in [6.45, 7) is 2.12. The van der Waals surface area contributed by atoms with Crippen LogP contribution in [0.2, 0.25) is 0 Å². The minimum absolute atomic E-state index is 0.0477. The van der Waals surface area contributed by atoms with Crippen LogP contribution < -0.4 is 0 Å². The largest absolute Gasteiger partial charge is 0.480 e. The zero-order valence-corrected chi connectivity index (χ0v) is 11.9. The maximum Gasteiger partial charge on any atom is 0.329 e. The number of ether oxygens (including phenoxy) is 2. The molecule has 2 rings (SSSR count). The van der Waals surface area contributed by atoms with Crippen molar-refractivity contribution in [3.63, 3.8) is 0 Å². The van der Waals surface area contributed by atoms with E-state index in [0.717, 1.165) is 0 Å². The van der Waals surface area contributed by atoms with Crippen LogP contribution in [0, 0.1) is 0 Å². The monoisotopic (exact) mass is 302 g/mol. The van der Waals surface area contributed by atoms with Crippen molar-refractivity contribution in [2.24, 2.45) is 0 Å². The van der Waals surface area contributed by atoms with Crippen molar-refractivity contribution < 1.29 is 29.3 Å². The molecule has 8 heteroatoms. The number of rotatable bonds is 4. The molecule has 2 aliphatic rings. The van der Waals surface area contributed by atoms with Gasteiger partial charge in [0.15, 0.2) is 0 Å². The molecule has 0 saturated carbocycles. The highest BCUT2D eigenvalue weighted by molar-refractivity contribution is 5.74. The van der Waals surface area contributed by atoms with Gasteiger partial charge in [0.25, 0.3) is 0 Å². The highest BCUT2D eigenvalue weighted by Crippen LogP contribution is 2.16. The first-order valence-electron chi connectivity index (χ1n) is 7.20. The molecule has 0 bridgehead atoms. The number of amides is 2. The quantitative estimate of drug-likeness (QED) is 0.717. The molecule has 2 fully saturated rings. The van der Waals surface area contributed by atoms with E-state index in [0.29, 0.717) is 45.6 Å². The fourth-order valence-electron chi connectivity index (χ4n) is 2.61. The second-order valence-electron chi connectivity index (χ2n) is 5.30. The summed E-state index contributed by atoms with van der Waals surface area (Å²) in [5, 5.41) is 17.7. The van der Waals surface area contributed by atoms with Gasteiger partial charge in [0.2, 0.25) is 0 Å². The van der Waals surface area contributed by atoms with Crippen LogP contribution in [0.5, 0.6) is 0 Å². The number of carboxylic acids is 1. The first-order chi connectivity index (χ1) is 10.1. The minimum Gasteiger partial charge on any atom is -0.480 e. The van der Waals surface area contributed by atoms with Crippen LogP contribution in [0.4, 0.5) is 4.79 Å². The zero-order chi connectivity index (χ0) is 15.2. The number of aliphatic hydroxyl groups is 1. The molecule has 2 heterocycles. The zero-order valence-electron chi connectivity index (χ0n) is 11.9. The molecule has 120 valence electrons. The van der Waals surface area contributed by atoms with Crippen LogP contribution in [0.15, 0.2) is 0 Å². The van der Waals surface area contributed by atoms with Gasteiger partial charge < -0.3 is 29.5 Å². The van der Waals surface area contributed by atoms with Crippen LogP contribution in [-0.2, 0) is 14.3 Å². The van der Waals surface area contributed by atoms with Gasteiger partial charge in [-0.3, -0.25) is 0 Å². The molecular weight excluding hydrogens is 280 g/mol. The van der Waals surface area contributed by atoms with Crippen molar-refractivity contribution >= 4 is 12.0 Å². The third-order valence-electron chi connectivity index (χ3n) is 3.77. The molecule has 0 aliphatic carbocycles. The van der Waals surface area contributed by atoms with E-state index < -0.39 is 5.97 Å². The lowest BCUT2D eigenvalue weighted by molar-refractivity contribution is -0.145. The highest BCUT2D eigenvalue weighted by atomic mass is 16.5. The topological polar surface area (TPSA) is 99.5 Å². The molecule has 8 nitrogen and oxygen atoms in total. The first kappa shape index (κ1) is 16.0. The van der Waals surface area contributed by atoms with Gasteiger partial charge in [0, 0.05) is 19.6 Å². The lowest BCUT2D eigenvalue weighted by atomic mass is 10.1. The Morgan fingerprint density at radius 3 is 2.52 bits per heavy atom. The number of nitrogens with zero attached hydrogens (tertiary/aromatic N) is 2. The molecule has 0 aromatic heterocycles. The van der Waals surface area contributed by atoms with Gasteiger partial charge in [-0.15, -0.1) is 0 Å². The minimum atomic E-state index is -0.975. The van der Waals surface area contributed by atoms with E-state index in [1.54, 1.807) is 9.80 Å². The molecule has 21 heavy (non-hydrogen) atoms. The third-order valence-corrected chi connectivity index (χ3v) is 3.77. The summed E-state index contributed by atoms with van der Waals surface area (Å²) in [5.41, 5.74) is 0. The average Bonchev–Trinajstić information content (AvgIpc) is 2.52. The number of hydrogen-bond acceptors (Lipinski definition) is 5. The Hall–Kier alpha value is -1.38. The number of piperidine rings is 1. The van der Waals surface area contributed by atoms with Crippen molar-refractivity contribution in [3.05, 3.63) is 0 Å². The molecule has 2 aliphatic heterocycles. The first-order valence-corrected chi connectivity index (χ1v) is 7.20. The van der Waals surface area contributed by atoms with E-state index in [2.05, 4.69) is 0 Å². The average molecular weight is 302 g/mol. The van der Waals surface area contributed by atoms with E-state index in [4.69, 9.17) is 19.7 Å². The molecule has 0 aromatic carbocycles. The molecular formula is C13H22N2O6. The van der Waals surface area contributed by atoms with E-state index in [-0.39, 0.29) is 31.5 Å². The Kier molecular flexibility index (Phi) is 5.77. The van der Waals surface area contributed by atoms with Crippen LogP contribution in [0.1, 0.15) is 12.8 Å². The number of hydrogen-bond donors (Lipinski definition) is 2. The second-order valence-corrected chi connectivity index (χ2v) is 5.30. The van der Waals surface area contributed by atoms with Crippen molar-refractivity contribution in [1.29, 1.82) is 0 Å². The Balaban J connectivity index is 1.76. The Morgan fingerprint density at radius 1 is 1.19 bits per heavy atom. The number of likely N-dealkylation sites (tertiary alicyclic amines) is 1. The standard InChI is InChI=1S/C13H22N2O6/c16-8-11-7-15(5-6-20-11)13(19)14-3-1-10(2-4-14)21-9-12(17)18/h10-11,16H,1-9H2,(H,17,18). The lowest BCUT2D eigenvalue weighted by Gasteiger charge is -2.38. The number of carboxylic acid groups (broad SMARTS) is 1. The van der Waals surface area contributed by atoms with E-state index in [1.807, 2.05) is 0 Å². The predicted octanol–water partition coefficient (Wildman–Crippen LogP) is -0.635. The smallest absolute Gasteiger partial charge is 0.329 e. The maximum absolute atomic E-state index is 12.4. The predicted molar refractivity (Wildman–Crippen MR) is 72.0 cm³/mol. The Morgan fingerprint density at radius 2 is 1.90 bits per heavy atom. The molecule has 2 saturated heterocycles. The molecule has 0 spiro atoms. The van der Waals surface area contributed by atoms with Crippen LogP contribution in [0.25, 0.3) is 0 Å². The Bertz CT molecular complexity index is 370. The van der Waals surface area contributed by atoms with E-state index >= 15 is 0 Å². The van der Waals surface area contributed by atoms with Crippen molar-refractivity contribution in [3.8, 4) is 0 Å². The normalized spacial score (nSPS) is 24.1. The van der Waals surface area contributed by atoms with E-state index in [1.165, 1.54) is 0 Å². The molecule has 2 amide bonds. The van der Waals surface area contributed by atoms with Crippen LogP contribution in [0.3, 0.4) is 0 Å². The number of aliphatic carboxylic acids is 1. The Labute approximate surface area is 123 Å². The number of carbonyl (C=O) groups excluding carboxylic acids is 1. The third kappa shape index (κ3) is 4.55. The highest BCUT2D eigenvalue weighted by Gasteiger charge is 2.30. The molecule has 2 N–H and O–H groups in total. The van der Waals surface area contributed by atoms with Crippen molar-refractivity contribution in [2.75, 3.05) is 46.0 Å².